The number of benzene rings is 1. The summed E-state index contributed by atoms with van der Waals surface area (Å²) in [6, 6.07) is 8.59. The molecular formula is C12H15ClSi. The first-order valence-corrected chi connectivity index (χ1v) is 9.05. The summed E-state index contributed by atoms with van der Waals surface area (Å²) in [7, 11) is -1.63. The zero-order valence-electron chi connectivity index (χ0n) is 8.84. The Morgan fingerprint density at radius 2 is 1.86 bits per heavy atom. The summed E-state index contributed by atoms with van der Waals surface area (Å²) in [6.45, 7) is 6.64. The third-order valence-corrected chi connectivity index (χ3v) is 5.63. The zero-order valence-corrected chi connectivity index (χ0v) is 10.6. The third kappa shape index (κ3) is 1.55. The zero-order chi connectivity index (χ0) is 10.3. The molecule has 0 aromatic heterocycles. The molecule has 0 bridgehead atoms. The van der Waals surface area contributed by atoms with Crippen LogP contribution >= 0.6 is 11.1 Å². The molecule has 2 rings (SSSR count). The Morgan fingerprint density at radius 1 is 1.21 bits per heavy atom. The lowest BCUT2D eigenvalue weighted by molar-refractivity contribution is 1.09. The van der Waals surface area contributed by atoms with E-state index in [1.165, 1.54) is 16.7 Å². The second-order valence-corrected chi connectivity index (χ2v) is 11.1. The van der Waals surface area contributed by atoms with Gasteiger partial charge in [0.25, 0.3) is 0 Å². The maximum absolute atomic E-state index is 6.56. The van der Waals surface area contributed by atoms with Crippen LogP contribution in [0.1, 0.15) is 23.6 Å². The van der Waals surface area contributed by atoms with Gasteiger partial charge in [0.05, 0.1) is 0 Å². The molecular weight excluding hydrogens is 208 g/mol. The van der Waals surface area contributed by atoms with Crippen molar-refractivity contribution in [3.05, 3.63) is 41.0 Å². The van der Waals surface area contributed by atoms with E-state index in [1.807, 2.05) is 0 Å². The Bertz CT molecular complexity index is 388. The molecule has 1 aliphatic carbocycles. The van der Waals surface area contributed by atoms with Gasteiger partial charge in [0.2, 0.25) is 0 Å². The van der Waals surface area contributed by atoms with Gasteiger partial charge in [-0.1, -0.05) is 49.0 Å². The predicted octanol–water partition coefficient (Wildman–Crippen LogP) is 4.17. The van der Waals surface area contributed by atoms with Crippen LogP contribution in [0.25, 0.3) is 6.08 Å². The highest BCUT2D eigenvalue weighted by Crippen LogP contribution is 2.43. The lowest BCUT2D eigenvalue weighted by atomic mass is 10.1. The van der Waals surface area contributed by atoms with Crippen molar-refractivity contribution in [3.63, 3.8) is 0 Å². The SMILES string of the molecule is CC1=Cc2ccccc2C1[Si](C)(C)Cl. The number of halogens is 1. The molecule has 0 aliphatic heterocycles. The van der Waals surface area contributed by atoms with E-state index < -0.39 is 7.38 Å². The normalized spacial score (nSPS) is 20.6. The molecule has 0 N–H and O–H groups in total. The van der Waals surface area contributed by atoms with Crippen LogP contribution in [-0.4, -0.2) is 7.38 Å². The minimum atomic E-state index is -1.63. The van der Waals surface area contributed by atoms with Crippen molar-refractivity contribution in [1.82, 2.24) is 0 Å². The Balaban J connectivity index is 2.52. The Morgan fingerprint density at radius 3 is 2.50 bits per heavy atom. The number of fused-ring (bicyclic) bond motifs is 1. The Labute approximate surface area is 91.3 Å². The number of hydrogen-bond donors (Lipinski definition) is 0. The standard InChI is InChI=1S/C12H15ClSi/c1-9-8-10-6-4-5-7-11(10)12(9)14(2,3)13/h4-8,12H,1-3H3. The Kier molecular flexibility index (Phi) is 2.32. The van der Waals surface area contributed by atoms with Gasteiger partial charge >= 0.3 is 0 Å². The lowest BCUT2D eigenvalue weighted by Crippen LogP contribution is -2.27. The summed E-state index contributed by atoms with van der Waals surface area (Å²) < 4.78 is 0. The maximum Gasteiger partial charge on any atom is 0.161 e. The van der Waals surface area contributed by atoms with Crippen LogP contribution < -0.4 is 0 Å². The average molecular weight is 223 g/mol. The maximum atomic E-state index is 6.56. The smallest absolute Gasteiger partial charge is 0.161 e. The molecule has 1 aliphatic rings. The molecule has 14 heavy (non-hydrogen) atoms. The van der Waals surface area contributed by atoms with Crippen molar-refractivity contribution < 1.29 is 0 Å². The first-order chi connectivity index (χ1) is 6.50. The quantitative estimate of drug-likeness (QED) is 0.494. The second-order valence-electron chi connectivity index (χ2n) is 4.51. The number of hydrogen-bond acceptors (Lipinski definition) is 0. The fraction of sp³-hybridized carbons (Fsp3) is 0.333. The second kappa shape index (κ2) is 3.25. The van der Waals surface area contributed by atoms with Crippen LogP contribution in [-0.2, 0) is 0 Å². The van der Waals surface area contributed by atoms with E-state index in [-0.39, 0.29) is 0 Å². The van der Waals surface area contributed by atoms with E-state index in [2.05, 4.69) is 50.4 Å². The minimum absolute atomic E-state index is 0.500. The van der Waals surface area contributed by atoms with Crippen LogP contribution in [0.3, 0.4) is 0 Å². The van der Waals surface area contributed by atoms with Gasteiger partial charge in [0.15, 0.2) is 7.38 Å². The van der Waals surface area contributed by atoms with Crippen molar-refractivity contribution in [2.24, 2.45) is 0 Å². The van der Waals surface area contributed by atoms with E-state index in [9.17, 15) is 0 Å². The molecule has 0 spiro atoms. The molecule has 0 fully saturated rings. The summed E-state index contributed by atoms with van der Waals surface area (Å²) in [4.78, 5) is 0. The molecule has 0 nitrogen and oxygen atoms in total. The Hall–Kier alpha value is -0.533. The molecule has 0 amide bonds. The van der Waals surface area contributed by atoms with E-state index in [0.29, 0.717) is 5.54 Å². The molecule has 0 saturated carbocycles. The number of allylic oxidation sites excluding steroid dienone is 1. The molecule has 0 heterocycles. The molecule has 1 aromatic carbocycles. The van der Waals surface area contributed by atoms with Gasteiger partial charge in [0.1, 0.15) is 0 Å². The molecule has 1 aromatic rings. The molecule has 2 heteroatoms. The van der Waals surface area contributed by atoms with Gasteiger partial charge in [-0.25, -0.2) is 0 Å². The van der Waals surface area contributed by atoms with E-state index in [4.69, 9.17) is 11.1 Å². The van der Waals surface area contributed by atoms with Gasteiger partial charge in [-0.15, -0.1) is 0 Å². The highest BCUT2D eigenvalue weighted by atomic mass is 35.6. The van der Waals surface area contributed by atoms with Gasteiger partial charge in [-0.05, 0) is 18.1 Å². The lowest BCUT2D eigenvalue weighted by Gasteiger charge is -2.24. The largest absolute Gasteiger partial charge is 0.167 e. The van der Waals surface area contributed by atoms with Crippen LogP contribution in [0.2, 0.25) is 13.1 Å². The van der Waals surface area contributed by atoms with Gasteiger partial charge in [0, 0.05) is 5.54 Å². The first kappa shape index (κ1) is 10.0. The van der Waals surface area contributed by atoms with E-state index >= 15 is 0 Å². The highest BCUT2D eigenvalue weighted by Gasteiger charge is 2.36. The summed E-state index contributed by atoms with van der Waals surface area (Å²) >= 11 is 6.56. The van der Waals surface area contributed by atoms with Crippen molar-refractivity contribution in [1.29, 1.82) is 0 Å². The van der Waals surface area contributed by atoms with Crippen LogP contribution in [0, 0.1) is 0 Å². The molecule has 1 atom stereocenters. The first-order valence-electron chi connectivity index (χ1n) is 4.96. The molecule has 74 valence electrons. The van der Waals surface area contributed by atoms with Crippen LogP contribution in [0.4, 0.5) is 0 Å². The average Bonchev–Trinajstić information content (AvgIpc) is 2.38. The van der Waals surface area contributed by atoms with Gasteiger partial charge < -0.3 is 0 Å². The van der Waals surface area contributed by atoms with Crippen LogP contribution in [0.5, 0.6) is 0 Å². The van der Waals surface area contributed by atoms with Crippen LogP contribution in [0.15, 0.2) is 29.8 Å². The van der Waals surface area contributed by atoms with Crippen molar-refractivity contribution >= 4 is 24.5 Å². The molecule has 0 radical (unpaired) electrons. The van der Waals surface area contributed by atoms with Gasteiger partial charge in [-0.2, -0.15) is 11.1 Å². The monoisotopic (exact) mass is 222 g/mol. The topological polar surface area (TPSA) is 0 Å². The summed E-state index contributed by atoms with van der Waals surface area (Å²) in [5, 5.41) is 0. The number of rotatable bonds is 1. The van der Waals surface area contributed by atoms with Crippen molar-refractivity contribution in [2.45, 2.75) is 25.6 Å². The van der Waals surface area contributed by atoms with E-state index in [1.54, 1.807) is 0 Å². The fourth-order valence-electron chi connectivity index (χ4n) is 2.39. The minimum Gasteiger partial charge on any atom is -0.167 e. The summed E-state index contributed by atoms with van der Waals surface area (Å²) in [5.41, 5.74) is 4.71. The van der Waals surface area contributed by atoms with E-state index in [0.717, 1.165) is 0 Å². The molecule has 0 saturated heterocycles. The van der Waals surface area contributed by atoms with Crippen molar-refractivity contribution in [3.8, 4) is 0 Å². The summed E-state index contributed by atoms with van der Waals surface area (Å²) in [6.07, 6.45) is 2.27. The highest BCUT2D eigenvalue weighted by molar-refractivity contribution is 7.20. The van der Waals surface area contributed by atoms with Gasteiger partial charge in [-0.3, -0.25) is 0 Å². The van der Waals surface area contributed by atoms with Crippen molar-refractivity contribution in [2.75, 3.05) is 0 Å². The fourth-order valence-corrected chi connectivity index (χ4v) is 5.43. The molecule has 1 unspecified atom stereocenters. The summed E-state index contributed by atoms with van der Waals surface area (Å²) in [5.74, 6) is 0. The third-order valence-electron chi connectivity index (χ3n) is 2.83. The predicted molar refractivity (Wildman–Crippen MR) is 66.2 cm³/mol.